The second kappa shape index (κ2) is 9.37. The van der Waals surface area contributed by atoms with Gasteiger partial charge in [-0.3, -0.25) is 4.31 Å². The number of aliphatic hydroxyl groups excluding tert-OH is 1. The minimum Gasteiger partial charge on any atom is -0.494 e. The third-order valence-electron chi connectivity index (χ3n) is 5.82. The van der Waals surface area contributed by atoms with Gasteiger partial charge in [-0.2, -0.15) is 0 Å². The number of ether oxygens (including phenoxy) is 1. The van der Waals surface area contributed by atoms with Crippen LogP contribution >= 0.6 is 11.6 Å². The maximum absolute atomic E-state index is 14.1. The van der Waals surface area contributed by atoms with Gasteiger partial charge in [0.25, 0.3) is 10.0 Å². The van der Waals surface area contributed by atoms with E-state index in [9.17, 15) is 22.3 Å². The largest absolute Gasteiger partial charge is 0.494 e. The second-order valence-electron chi connectivity index (χ2n) is 7.97. The predicted octanol–water partition coefficient (Wildman–Crippen LogP) is 5.30. The van der Waals surface area contributed by atoms with Gasteiger partial charge < -0.3 is 9.84 Å². The van der Waals surface area contributed by atoms with Crippen LogP contribution in [0.15, 0.2) is 59.5 Å². The first-order chi connectivity index (χ1) is 16.1. The Bertz CT molecular complexity index is 1360. The van der Waals surface area contributed by atoms with Crippen molar-refractivity contribution in [3.05, 3.63) is 87.9 Å². The van der Waals surface area contributed by atoms with E-state index in [1.165, 1.54) is 25.3 Å². The molecular formula is C25H22ClF2NO4S. The van der Waals surface area contributed by atoms with Crippen LogP contribution in [0.3, 0.4) is 0 Å². The highest BCUT2D eigenvalue weighted by molar-refractivity contribution is 7.92. The quantitative estimate of drug-likeness (QED) is 0.478. The van der Waals surface area contributed by atoms with Gasteiger partial charge in [-0.15, -0.1) is 0 Å². The SMILES string of the molecule is COc1cc(S(=O)(=O)N2c3cc(C=Cc4c(F)cccc4Cl)ccc3CC(O)C2C)ccc1F. The Hall–Kier alpha value is -2.94. The van der Waals surface area contributed by atoms with Gasteiger partial charge in [0.1, 0.15) is 5.82 Å². The lowest BCUT2D eigenvalue weighted by atomic mass is 9.95. The number of fused-ring (bicyclic) bond motifs is 1. The molecule has 0 amide bonds. The van der Waals surface area contributed by atoms with Gasteiger partial charge in [-0.1, -0.05) is 35.9 Å². The van der Waals surface area contributed by atoms with Crippen molar-refractivity contribution in [1.82, 2.24) is 0 Å². The summed E-state index contributed by atoms with van der Waals surface area (Å²) in [7, 11) is -2.93. The number of hydrogen-bond acceptors (Lipinski definition) is 4. The minimum atomic E-state index is -4.18. The molecular weight excluding hydrogens is 484 g/mol. The van der Waals surface area contributed by atoms with E-state index >= 15 is 0 Å². The molecule has 0 bridgehead atoms. The molecule has 1 heterocycles. The van der Waals surface area contributed by atoms with Crippen molar-refractivity contribution >= 4 is 39.5 Å². The van der Waals surface area contributed by atoms with Crippen LogP contribution in [-0.2, 0) is 16.4 Å². The van der Waals surface area contributed by atoms with E-state index in [2.05, 4.69) is 0 Å². The molecule has 9 heteroatoms. The molecule has 3 aromatic carbocycles. The minimum absolute atomic E-state index is 0.170. The van der Waals surface area contributed by atoms with Crippen LogP contribution in [0.1, 0.15) is 23.6 Å². The fraction of sp³-hybridized carbons (Fsp3) is 0.200. The van der Waals surface area contributed by atoms with Gasteiger partial charge in [0.2, 0.25) is 0 Å². The number of methoxy groups -OCH3 is 1. The van der Waals surface area contributed by atoms with Gasteiger partial charge in [0.15, 0.2) is 11.6 Å². The first-order valence-electron chi connectivity index (χ1n) is 10.4. The third-order valence-corrected chi connectivity index (χ3v) is 8.05. The summed E-state index contributed by atoms with van der Waals surface area (Å²) in [5, 5.41) is 10.8. The first kappa shape index (κ1) is 24.2. The van der Waals surface area contributed by atoms with Crippen molar-refractivity contribution in [3.63, 3.8) is 0 Å². The van der Waals surface area contributed by atoms with E-state index in [-0.39, 0.29) is 27.7 Å². The number of sulfonamides is 1. The maximum atomic E-state index is 14.1. The first-order valence-corrected chi connectivity index (χ1v) is 12.3. The molecule has 5 nitrogen and oxygen atoms in total. The zero-order valence-corrected chi connectivity index (χ0v) is 19.9. The van der Waals surface area contributed by atoms with E-state index in [0.717, 1.165) is 22.5 Å². The molecule has 0 aromatic heterocycles. The summed E-state index contributed by atoms with van der Waals surface area (Å²) in [6.45, 7) is 1.60. The highest BCUT2D eigenvalue weighted by atomic mass is 35.5. The third kappa shape index (κ3) is 4.41. The molecule has 0 saturated carbocycles. The average Bonchev–Trinajstić information content (AvgIpc) is 2.79. The van der Waals surface area contributed by atoms with Crippen LogP contribution in [0.4, 0.5) is 14.5 Å². The molecule has 0 spiro atoms. The van der Waals surface area contributed by atoms with Crippen LogP contribution < -0.4 is 9.04 Å². The molecule has 0 radical (unpaired) electrons. The molecule has 1 N–H and O–H groups in total. The summed E-state index contributed by atoms with van der Waals surface area (Å²) in [5.41, 5.74) is 1.83. The van der Waals surface area contributed by atoms with Gasteiger partial charge in [-0.25, -0.2) is 17.2 Å². The zero-order valence-electron chi connectivity index (χ0n) is 18.4. The molecule has 2 unspecified atom stereocenters. The maximum Gasteiger partial charge on any atom is 0.264 e. The van der Waals surface area contributed by atoms with E-state index in [1.807, 2.05) is 0 Å². The van der Waals surface area contributed by atoms with Crippen molar-refractivity contribution in [3.8, 4) is 5.75 Å². The summed E-state index contributed by atoms with van der Waals surface area (Å²) in [6.07, 6.45) is 2.47. The van der Waals surface area contributed by atoms with Crippen LogP contribution in [0.5, 0.6) is 5.75 Å². The van der Waals surface area contributed by atoms with Crippen molar-refractivity contribution in [1.29, 1.82) is 0 Å². The van der Waals surface area contributed by atoms with Gasteiger partial charge in [-0.05, 0) is 54.5 Å². The normalized spacial score (nSPS) is 18.2. The van der Waals surface area contributed by atoms with Crippen molar-refractivity contribution in [2.75, 3.05) is 11.4 Å². The van der Waals surface area contributed by atoms with Crippen molar-refractivity contribution in [2.24, 2.45) is 0 Å². The Labute approximate surface area is 201 Å². The lowest BCUT2D eigenvalue weighted by molar-refractivity contribution is 0.147. The molecule has 0 aliphatic carbocycles. The van der Waals surface area contributed by atoms with E-state index in [1.54, 1.807) is 37.3 Å². The van der Waals surface area contributed by atoms with Crippen LogP contribution in [-0.4, -0.2) is 32.8 Å². The number of aliphatic hydroxyl groups is 1. The summed E-state index contributed by atoms with van der Waals surface area (Å²) in [6, 6.07) is 12.0. The van der Waals surface area contributed by atoms with Crippen LogP contribution in [0.2, 0.25) is 5.02 Å². The highest BCUT2D eigenvalue weighted by Gasteiger charge is 2.38. The van der Waals surface area contributed by atoms with Gasteiger partial charge >= 0.3 is 0 Å². The van der Waals surface area contributed by atoms with E-state index in [4.69, 9.17) is 16.3 Å². The van der Waals surface area contributed by atoms with Gasteiger partial charge in [0.05, 0.1) is 34.9 Å². The number of anilines is 1. The lowest BCUT2D eigenvalue weighted by Gasteiger charge is -2.39. The molecule has 1 aliphatic rings. The standard InChI is InChI=1S/C25H22ClF2NO4S/c1-15-24(30)13-17-8-6-16(7-10-19-20(26)4-3-5-21(19)27)12-23(17)29(15)34(31,32)18-9-11-22(28)25(14-18)33-2/h3-12,14-15,24,30H,13H2,1-2H3. The summed E-state index contributed by atoms with van der Waals surface area (Å²) in [4.78, 5) is -0.170. The summed E-state index contributed by atoms with van der Waals surface area (Å²) >= 11 is 6.09. The number of nitrogens with zero attached hydrogens (tertiary/aromatic N) is 1. The fourth-order valence-electron chi connectivity index (χ4n) is 3.95. The monoisotopic (exact) mass is 505 g/mol. The zero-order chi connectivity index (χ0) is 24.6. The average molecular weight is 506 g/mol. The number of hydrogen-bond donors (Lipinski definition) is 1. The topological polar surface area (TPSA) is 66.8 Å². The lowest BCUT2D eigenvalue weighted by Crippen LogP contribution is -2.49. The molecule has 0 fully saturated rings. The number of rotatable bonds is 5. The second-order valence-corrected chi connectivity index (χ2v) is 10.2. The Balaban J connectivity index is 1.80. The highest BCUT2D eigenvalue weighted by Crippen LogP contribution is 2.37. The number of benzene rings is 3. The van der Waals surface area contributed by atoms with Crippen LogP contribution in [0.25, 0.3) is 12.2 Å². The molecule has 0 saturated heterocycles. The van der Waals surface area contributed by atoms with Crippen LogP contribution in [0, 0.1) is 11.6 Å². The van der Waals surface area contributed by atoms with E-state index < -0.39 is 33.8 Å². The Morgan fingerprint density at radius 2 is 1.85 bits per heavy atom. The molecule has 178 valence electrons. The predicted molar refractivity (Wildman–Crippen MR) is 129 cm³/mol. The van der Waals surface area contributed by atoms with Crippen molar-refractivity contribution < 1.29 is 27.0 Å². The summed E-state index contributed by atoms with van der Waals surface area (Å²) < 4.78 is 61.3. The molecule has 4 rings (SSSR count). The Morgan fingerprint density at radius 3 is 2.56 bits per heavy atom. The Morgan fingerprint density at radius 1 is 1.09 bits per heavy atom. The molecule has 2 atom stereocenters. The number of halogens is 3. The van der Waals surface area contributed by atoms with E-state index in [0.29, 0.717) is 16.8 Å². The molecule has 1 aliphatic heterocycles. The fourth-order valence-corrected chi connectivity index (χ4v) is 5.90. The molecule has 34 heavy (non-hydrogen) atoms. The molecule has 3 aromatic rings. The van der Waals surface area contributed by atoms with Gasteiger partial charge in [0, 0.05) is 18.1 Å². The smallest absolute Gasteiger partial charge is 0.264 e. The Kier molecular flexibility index (Phi) is 6.66. The van der Waals surface area contributed by atoms with Crippen molar-refractivity contribution in [2.45, 2.75) is 30.4 Å². The summed E-state index contributed by atoms with van der Waals surface area (Å²) in [5.74, 6) is -1.37.